The number of nitrogens with one attached hydrogen (secondary N) is 1. The quantitative estimate of drug-likeness (QED) is 0.489. The van der Waals surface area contributed by atoms with E-state index in [1.807, 2.05) is 35.9 Å². The van der Waals surface area contributed by atoms with Gasteiger partial charge in [0.15, 0.2) is 11.0 Å². The maximum Gasteiger partial charge on any atom is 0.234 e. The van der Waals surface area contributed by atoms with Gasteiger partial charge in [0.25, 0.3) is 0 Å². The van der Waals surface area contributed by atoms with E-state index in [4.69, 9.17) is 27.9 Å². The molecule has 1 amide bonds. The van der Waals surface area contributed by atoms with Crippen molar-refractivity contribution in [2.75, 3.05) is 11.1 Å². The van der Waals surface area contributed by atoms with Gasteiger partial charge >= 0.3 is 0 Å². The topological polar surface area (TPSA) is 69.0 Å². The minimum absolute atomic E-state index is 0.171. The molecule has 1 heterocycles. The van der Waals surface area contributed by atoms with E-state index in [0.717, 1.165) is 12.2 Å². The number of amides is 1. The molecule has 0 radical (unpaired) electrons. The lowest BCUT2D eigenvalue weighted by molar-refractivity contribution is -0.113. The first-order valence-corrected chi connectivity index (χ1v) is 10.7. The maximum absolute atomic E-state index is 12.2. The highest BCUT2D eigenvalue weighted by atomic mass is 35.5. The molecule has 152 valence electrons. The number of hydrogen-bond acceptors (Lipinski definition) is 5. The Hall–Kier alpha value is -2.22. The predicted molar refractivity (Wildman–Crippen MR) is 117 cm³/mol. The molecular formula is C20H20Cl2N4O2S. The first-order valence-electron chi connectivity index (χ1n) is 8.94. The fourth-order valence-corrected chi connectivity index (χ4v) is 3.66. The first-order chi connectivity index (χ1) is 14.0. The number of halogens is 2. The summed E-state index contributed by atoms with van der Waals surface area (Å²) in [5, 5.41) is 12.6. The molecule has 6 nitrogen and oxygen atoms in total. The molecule has 0 bridgehead atoms. The minimum Gasteiger partial charge on any atom is -0.486 e. The standard InChI is InChI=1S/C20H20Cl2N4O2S/c1-3-13-4-7-15(8-5-13)28-11-18-24-25-20(26(18)2)29-12-19(27)23-17-9-6-14(21)10-16(17)22/h4-10H,3,11-12H2,1-2H3,(H,23,27). The SMILES string of the molecule is CCc1ccc(OCc2nnc(SCC(=O)Nc3ccc(Cl)cc3Cl)n2C)cc1. The van der Waals surface area contributed by atoms with Crippen LogP contribution in [0.4, 0.5) is 5.69 Å². The average molecular weight is 451 g/mol. The zero-order valence-corrected chi connectivity index (χ0v) is 18.3. The van der Waals surface area contributed by atoms with Gasteiger partial charge < -0.3 is 14.6 Å². The summed E-state index contributed by atoms with van der Waals surface area (Å²) in [6.45, 7) is 2.40. The van der Waals surface area contributed by atoms with E-state index in [0.29, 0.717) is 33.3 Å². The maximum atomic E-state index is 12.2. The zero-order chi connectivity index (χ0) is 20.8. The van der Waals surface area contributed by atoms with E-state index < -0.39 is 0 Å². The third-order valence-electron chi connectivity index (χ3n) is 4.16. The molecular weight excluding hydrogens is 431 g/mol. The second-order valence-corrected chi connectivity index (χ2v) is 7.99. The molecule has 0 saturated heterocycles. The van der Waals surface area contributed by atoms with Crippen LogP contribution in [0.1, 0.15) is 18.3 Å². The van der Waals surface area contributed by atoms with Crippen LogP contribution in [0, 0.1) is 0 Å². The molecule has 9 heteroatoms. The van der Waals surface area contributed by atoms with Crippen LogP contribution >= 0.6 is 35.0 Å². The van der Waals surface area contributed by atoms with E-state index in [9.17, 15) is 4.79 Å². The van der Waals surface area contributed by atoms with Gasteiger partial charge in [0, 0.05) is 12.1 Å². The number of benzene rings is 2. The van der Waals surface area contributed by atoms with Gasteiger partial charge in [0.2, 0.25) is 5.91 Å². The highest BCUT2D eigenvalue weighted by Gasteiger charge is 2.13. The van der Waals surface area contributed by atoms with Crippen LogP contribution in [0.25, 0.3) is 0 Å². The van der Waals surface area contributed by atoms with Crippen LogP contribution in [-0.2, 0) is 24.9 Å². The molecule has 29 heavy (non-hydrogen) atoms. The molecule has 0 unspecified atom stereocenters. The van der Waals surface area contributed by atoms with E-state index >= 15 is 0 Å². The van der Waals surface area contributed by atoms with E-state index in [-0.39, 0.29) is 11.7 Å². The van der Waals surface area contributed by atoms with Crippen LogP contribution < -0.4 is 10.1 Å². The van der Waals surface area contributed by atoms with Crippen molar-refractivity contribution in [1.29, 1.82) is 0 Å². The number of thioether (sulfide) groups is 1. The molecule has 0 aliphatic rings. The summed E-state index contributed by atoms with van der Waals surface area (Å²) in [6.07, 6.45) is 0.988. The fourth-order valence-electron chi connectivity index (χ4n) is 2.47. The Morgan fingerprint density at radius 1 is 1.17 bits per heavy atom. The van der Waals surface area contributed by atoms with Gasteiger partial charge in [-0.2, -0.15) is 0 Å². The number of aromatic nitrogens is 3. The van der Waals surface area contributed by atoms with E-state index in [1.165, 1.54) is 17.3 Å². The highest BCUT2D eigenvalue weighted by molar-refractivity contribution is 7.99. The summed E-state index contributed by atoms with van der Waals surface area (Å²) >= 11 is 13.2. The predicted octanol–water partition coefficient (Wildman–Crippen LogP) is 4.99. The summed E-state index contributed by atoms with van der Waals surface area (Å²) < 4.78 is 7.59. The van der Waals surface area contributed by atoms with Crippen molar-refractivity contribution in [3.8, 4) is 5.75 Å². The number of aryl methyl sites for hydroxylation is 1. The molecule has 0 fully saturated rings. The van der Waals surface area contributed by atoms with Gasteiger partial charge in [-0.15, -0.1) is 10.2 Å². The zero-order valence-electron chi connectivity index (χ0n) is 16.0. The van der Waals surface area contributed by atoms with Crippen LogP contribution in [0.15, 0.2) is 47.6 Å². The highest BCUT2D eigenvalue weighted by Crippen LogP contribution is 2.26. The first kappa shape index (κ1) is 21.5. The Morgan fingerprint density at radius 3 is 2.62 bits per heavy atom. The third kappa shape index (κ3) is 5.88. The Morgan fingerprint density at radius 2 is 1.93 bits per heavy atom. The van der Waals surface area contributed by atoms with Crippen molar-refractivity contribution in [3.63, 3.8) is 0 Å². The Labute approximate surface area is 183 Å². The van der Waals surface area contributed by atoms with Crippen LogP contribution in [-0.4, -0.2) is 26.4 Å². The smallest absolute Gasteiger partial charge is 0.234 e. The summed E-state index contributed by atoms with van der Waals surface area (Å²) in [6, 6.07) is 12.9. The average Bonchev–Trinajstić information content (AvgIpc) is 3.07. The monoisotopic (exact) mass is 450 g/mol. The fraction of sp³-hybridized carbons (Fsp3) is 0.250. The van der Waals surface area contributed by atoms with Crippen molar-refractivity contribution in [1.82, 2.24) is 14.8 Å². The minimum atomic E-state index is -0.198. The van der Waals surface area contributed by atoms with Crippen molar-refractivity contribution >= 4 is 46.6 Å². The number of nitrogens with zero attached hydrogens (tertiary/aromatic N) is 3. The van der Waals surface area contributed by atoms with Gasteiger partial charge in [0.1, 0.15) is 12.4 Å². The number of ether oxygens (including phenoxy) is 1. The second-order valence-electron chi connectivity index (χ2n) is 6.21. The molecule has 0 aliphatic heterocycles. The van der Waals surface area contributed by atoms with Gasteiger partial charge in [0.05, 0.1) is 16.5 Å². The summed E-state index contributed by atoms with van der Waals surface area (Å²) in [5.41, 5.74) is 1.77. The lowest BCUT2D eigenvalue weighted by atomic mass is 10.2. The van der Waals surface area contributed by atoms with E-state index in [2.05, 4.69) is 22.4 Å². The van der Waals surface area contributed by atoms with Gasteiger partial charge in [-0.05, 0) is 42.3 Å². The summed E-state index contributed by atoms with van der Waals surface area (Å²) in [4.78, 5) is 12.2. The second kappa shape index (κ2) is 10.0. The largest absolute Gasteiger partial charge is 0.486 e. The van der Waals surface area contributed by atoms with Crippen LogP contribution in [0.3, 0.4) is 0 Å². The van der Waals surface area contributed by atoms with Gasteiger partial charge in [-0.25, -0.2) is 0 Å². The lowest BCUT2D eigenvalue weighted by Crippen LogP contribution is -2.15. The van der Waals surface area contributed by atoms with Crippen molar-refractivity contribution in [3.05, 3.63) is 63.9 Å². The molecule has 2 aromatic carbocycles. The summed E-state index contributed by atoms with van der Waals surface area (Å²) in [7, 11) is 1.84. The number of carbonyl (C=O) groups excluding carboxylic acids is 1. The Kier molecular flexibility index (Phi) is 7.41. The van der Waals surface area contributed by atoms with Gasteiger partial charge in [-0.1, -0.05) is 54.0 Å². The van der Waals surface area contributed by atoms with Crippen molar-refractivity contribution in [2.24, 2.45) is 7.05 Å². The lowest BCUT2D eigenvalue weighted by Gasteiger charge is -2.08. The van der Waals surface area contributed by atoms with Crippen LogP contribution in [0.5, 0.6) is 5.75 Å². The molecule has 0 atom stereocenters. The number of rotatable bonds is 8. The molecule has 0 saturated carbocycles. The molecule has 3 rings (SSSR count). The number of carbonyl (C=O) groups is 1. The molecule has 0 aliphatic carbocycles. The van der Waals surface area contributed by atoms with Crippen LogP contribution in [0.2, 0.25) is 10.0 Å². The normalized spacial score (nSPS) is 10.8. The summed E-state index contributed by atoms with van der Waals surface area (Å²) in [5.74, 6) is 1.42. The van der Waals surface area contributed by atoms with Gasteiger partial charge in [-0.3, -0.25) is 4.79 Å². The Bertz CT molecular complexity index is 993. The number of hydrogen-bond donors (Lipinski definition) is 1. The molecule has 1 N–H and O–H groups in total. The Balaban J connectivity index is 1.52. The van der Waals surface area contributed by atoms with Crippen molar-refractivity contribution in [2.45, 2.75) is 25.1 Å². The van der Waals surface area contributed by atoms with E-state index in [1.54, 1.807) is 18.2 Å². The molecule has 3 aromatic rings. The number of anilines is 1. The molecule has 1 aromatic heterocycles. The van der Waals surface area contributed by atoms with Crippen molar-refractivity contribution < 1.29 is 9.53 Å². The molecule has 0 spiro atoms. The third-order valence-corrected chi connectivity index (χ3v) is 5.73.